The molecule has 1 aromatic carbocycles. The van der Waals surface area contributed by atoms with Gasteiger partial charge in [-0.05, 0) is 31.0 Å². The first-order valence-electron chi connectivity index (χ1n) is 11.7. The Balaban J connectivity index is 1.26. The van der Waals surface area contributed by atoms with Crippen molar-refractivity contribution in [2.45, 2.75) is 38.8 Å². The summed E-state index contributed by atoms with van der Waals surface area (Å²) in [4.78, 5) is 18.5. The molecule has 4 heterocycles. The van der Waals surface area contributed by atoms with Crippen LogP contribution in [0.2, 0.25) is 0 Å². The van der Waals surface area contributed by atoms with Gasteiger partial charge in [-0.25, -0.2) is 32.6 Å². The van der Waals surface area contributed by atoms with Crippen LogP contribution in [0, 0.1) is 35.7 Å². The Kier molecular flexibility index (Phi) is 6.29. The Labute approximate surface area is 210 Å². The second-order valence-corrected chi connectivity index (χ2v) is 8.78. The summed E-state index contributed by atoms with van der Waals surface area (Å²) in [7, 11) is 0. The number of nitrogens with zero attached hydrogens (tertiary/aromatic N) is 7. The number of aromatic nitrogens is 3. The van der Waals surface area contributed by atoms with Crippen molar-refractivity contribution >= 4 is 12.2 Å². The van der Waals surface area contributed by atoms with Gasteiger partial charge >= 0.3 is 6.03 Å². The zero-order valence-corrected chi connectivity index (χ0v) is 20.0. The van der Waals surface area contributed by atoms with Crippen LogP contribution in [0.1, 0.15) is 41.9 Å². The highest BCUT2D eigenvalue weighted by molar-refractivity contribution is 5.79. The van der Waals surface area contributed by atoms with E-state index in [-0.39, 0.29) is 18.8 Å². The number of carbonyl (C=O) groups excluding carboxylic acids is 1. The average Bonchev–Trinajstić information content (AvgIpc) is 3.45. The van der Waals surface area contributed by atoms with Crippen molar-refractivity contribution in [3.05, 3.63) is 70.4 Å². The topological polar surface area (TPSA) is 99.6 Å². The number of rotatable bonds is 5. The molecule has 12 heteroatoms. The SMILES string of the molecule is CCc1nn(-c2cc(OC3CN(C(=O)N4N=CC[C@H]4c4cc(F)cc(F)c4)C3)c(F)cn2)c(C)c1C#N. The summed E-state index contributed by atoms with van der Waals surface area (Å²) in [5.41, 5.74) is 1.96. The summed E-state index contributed by atoms with van der Waals surface area (Å²) in [6.45, 7) is 3.96. The monoisotopic (exact) mass is 509 g/mol. The molecule has 5 rings (SSSR count). The Morgan fingerprint density at radius 2 is 1.92 bits per heavy atom. The minimum absolute atomic E-state index is 0.0548. The van der Waals surface area contributed by atoms with Gasteiger partial charge < -0.3 is 9.64 Å². The molecule has 2 amide bonds. The molecule has 2 aliphatic heterocycles. The fourth-order valence-electron chi connectivity index (χ4n) is 4.43. The van der Waals surface area contributed by atoms with Crippen molar-refractivity contribution in [1.82, 2.24) is 24.7 Å². The number of hydrogen-bond acceptors (Lipinski definition) is 6. The Hall–Kier alpha value is -4.40. The molecule has 0 unspecified atom stereocenters. The number of pyridine rings is 1. The molecule has 1 saturated heterocycles. The highest BCUT2D eigenvalue weighted by atomic mass is 19.1. The van der Waals surface area contributed by atoms with Crippen molar-refractivity contribution in [3.8, 4) is 17.6 Å². The lowest BCUT2D eigenvalue weighted by molar-refractivity contribution is 0.0256. The molecule has 0 N–H and O–H groups in total. The van der Waals surface area contributed by atoms with Gasteiger partial charge in [-0.15, -0.1) is 0 Å². The molecular formula is C25H22F3N7O2. The number of amides is 2. The maximum Gasteiger partial charge on any atom is 0.341 e. The largest absolute Gasteiger partial charge is 0.483 e. The summed E-state index contributed by atoms with van der Waals surface area (Å²) in [5.74, 6) is -1.89. The summed E-state index contributed by atoms with van der Waals surface area (Å²) in [6, 6.07) is 5.60. The molecular weight excluding hydrogens is 487 g/mol. The Bertz CT molecular complexity index is 1420. The fourth-order valence-corrected chi connectivity index (χ4v) is 4.43. The normalized spacial score (nSPS) is 17.1. The molecule has 2 aromatic heterocycles. The molecule has 1 fully saturated rings. The number of hydrazone groups is 1. The van der Waals surface area contributed by atoms with Crippen LogP contribution < -0.4 is 4.74 Å². The van der Waals surface area contributed by atoms with Gasteiger partial charge in [0.2, 0.25) is 0 Å². The predicted molar refractivity (Wildman–Crippen MR) is 126 cm³/mol. The Morgan fingerprint density at radius 1 is 1.19 bits per heavy atom. The van der Waals surface area contributed by atoms with Crippen LogP contribution >= 0.6 is 0 Å². The van der Waals surface area contributed by atoms with E-state index in [0.29, 0.717) is 41.2 Å². The number of benzene rings is 1. The summed E-state index contributed by atoms with van der Waals surface area (Å²) >= 11 is 0. The molecule has 37 heavy (non-hydrogen) atoms. The van der Waals surface area contributed by atoms with Crippen molar-refractivity contribution < 1.29 is 22.7 Å². The molecule has 0 aliphatic carbocycles. The lowest BCUT2D eigenvalue weighted by atomic mass is 10.0. The number of ether oxygens (including phenoxy) is 1. The van der Waals surface area contributed by atoms with E-state index in [0.717, 1.165) is 12.3 Å². The maximum absolute atomic E-state index is 14.5. The van der Waals surface area contributed by atoms with Gasteiger partial charge in [0.1, 0.15) is 23.8 Å². The smallest absolute Gasteiger partial charge is 0.341 e. The lowest BCUT2D eigenvalue weighted by Crippen LogP contribution is -2.58. The van der Waals surface area contributed by atoms with E-state index in [4.69, 9.17) is 4.74 Å². The van der Waals surface area contributed by atoms with Crippen LogP contribution in [0.4, 0.5) is 18.0 Å². The molecule has 9 nitrogen and oxygen atoms in total. The first kappa shape index (κ1) is 24.3. The minimum atomic E-state index is -0.731. The first-order valence-corrected chi connectivity index (χ1v) is 11.7. The summed E-state index contributed by atoms with van der Waals surface area (Å²) in [5, 5.41) is 19.1. The average molecular weight is 509 g/mol. The Morgan fingerprint density at radius 3 is 2.57 bits per heavy atom. The highest BCUT2D eigenvalue weighted by Crippen LogP contribution is 2.32. The van der Waals surface area contributed by atoms with Crippen LogP contribution in [-0.2, 0) is 6.42 Å². The van der Waals surface area contributed by atoms with Crippen molar-refractivity contribution in [1.29, 1.82) is 5.26 Å². The molecule has 0 spiro atoms. The maximum atomic E-state index is 14.5. The van der Waals surface area contributed by atoms with Gasteiger partial charge in [0.15, 0.2) is 17.4 Å². The minimum Gasteiger partial charge on any atom is -0.483 e. The first-order chi connectivity index (χ1) is 17.8. The van der Waals surface area contributed by atoms with E-state index in [2.05, 4.69) is 21.3 Å². The number of likely N-dealkylation sites (tertiary alicyclic amines) is 1. The highest BCUT2D eigenvalue weighted by Gasteiger charge is 2.39. The molecule has 2 aliphatic rings. The molecule has 3 aromatic rings. The number of nitriles is 1. The zero-order valence-electron chi connectivity index (χ0n) is 20.0. The standard InChI is InChI=1S/C25H22F3N7O2/c1-3-21-19(10-29)14(2)34(32-21)24-9-23(20(28)11-30-24)37-18-12-33(13-18)25(36)35-22(4-5-31-35)15-6-16(26)8-17(27)7-15/h5-9,11,18,22H,3-4,12-13H2,1-2H3/t22-/m0/s1. The quantitative estimate of drug-likeness (QED) is 0.517. The van der Waals surface area contributed by atoms with E-state index in [1.807, 2.05) is 6.92 Å². The van der Waals surface area contributed by atoms with Gasteiger partial charge in [-0.1, -0.05) is 6.92 Å². The number of hydrogen-bond donors (Lipinski definition) is 0. The summed E-state index contributed by atoms with van der Waals surface area (Å²) < 4.78 is 49.1. The van der Waals surface area contributed by atoms with Crippen molar-refractivity contribution in [2.24, 2.45) is 5.10 Å². The van der Waals surface area contributed by atoms with Gasteiger partial charge in [0.25, 0.3) is 0 Å². The van der Waals surface area contributed by atoms with Crippen molar-refractivity contribution in [2.75, 3.05) is 13.1 Å². The van der Waals surface area contributed by atoms with Crippen molar-refractivity contribution in [3.63, 3.8) is 0 Å². The van der Waals surface area contributed by atoms with E-state index in [1.54, 1.807) is 6.92 Å². The van der Waals surface area contributed by atoms with Crippen LogP contribution in [0.3, 0.4) is 0 Å². The van der Waals surface area contributed by atoms with E-state index < -0.39 is 35.6 Å². The number of urea groups is 1. The van der Waals surface area contributed by atoms with Crippen LogP contribution in [0.25, 0.3) is 5.82 Å². The number of aryl methyl sites for hydroxylation is 1. The molecule has 0 saturated carbocycles. The van der Waals surface area contributed by atoms with Gasteiger partial charge in [0, 0.05) is 24.8 Å². The second kappa shape index (κ2) is 9.57. The van der Waals surface area contributed by atoms with Gasteiger partial charge in [-0.3, -0.25) is 0 Å². The van der Waals surface area contributed by atoms with E-state index >= 15 is 0 Å². The van der Waals surface area contributed by atoms with Gasteiger partial charge in [-0.2, -0.15) is 15.5 Å². The third-order valence-electron chi connectivity index (χ3n) is 6.37. The van der Waals surface area contributed by atoms with Crippen LogP contribution in [0.5, 0.6) is 5.75 Å². The number of halogens is 3. The van der Waals surface area contributed by atoms with Gasteiger partial charge in [0.05, 0.1) is 42.3 Å². The van der Waals surface area contributed by atoms with E-state index in [1.165, 1.54) is 39.0 Å². The van der Waals surface area contributed by atoms with Crippen LogP contribution in [-0.4, -0.2) is 56.1 Å². The van der Waals surface area contributed by atoms with E-state index in [9.17, 15) is 23.2 Å². The molecule has 0 radical (unpaired) electrons. The second-order valence-electron chi connectivity index (χ2n) is 8.78. The molecule has 1 atom stereocenters. The summed E-state index contributed by atoms with van der Waals surface area (Å²) in [6.07, 6.45) is 2.94. The predicted octanol–water partition coefficient (Wildman–Crippen LogP) is 4.04. The molecule has 190 valence electrons. The third-order valence-corrected chi connectivity index (χ3v) is 6.37. The number of carbonyl (C=O) groups is 1. The van der Waals surface area contributed by atoms with Crippen LogP contribution in [0.15, 0.2) is 35.6 Å². The lowest BCUT2D eigenvalue weighted by Gasteiger charge is -2.41. The zero-order chi connectivity index (χ0) is 26.3. The fraction of sp³-hybridized carbons (Fsp3) is 0.320. The molecule has 0 bridgehead atoms. The third kappa shape index (κ3) is 4.48.